The standard InChI is InChI=1S/C16H25N3O3/c1-12(2)19(4)16(21)11-18(3)10-15(20)17-13-7-6-8-14(9-13)22-5/h6-9,12H,10-11H2,1-5H3,(H,17,20). The Morgan fingerprint density at radius 1 is 1.23 bits per heavy atom. The van der Waals surface area contributed by atoms with Crippen LogP contribution in [0.5, 0.6) is 5.75 Å². The predicted molar refractivity (Wildman–Crippen MR) is 87.0 cm³/mol. The maximum absolute atomic E-state index is 12.0. The lowest BCUT2D eigenvalue weighted by molar-refractivity contribution is -0.132. The zero-order chi connectivity index (χ0) is 16.7. The number of carbonyl (C=O) groups excluding carboxylic acids is 2. The smallest absolute Gasteiger partial charge is 0.238 e. The van der Waals surface area contributed by atoms with E-state index in [9.17, 15) is 9.59 Å². The number of benzene rings is 1. The molecule has 122 valence electrons. The van der Waals surface area contributed by atoms with Crippen molar-refractivity contribution in [1.82, 2.24) is 9.80 Å². The fourth-order valence-corrected chi connectivity index (χ4v) is 1.83. The van der Waals surface area contributed by atoms with Crippen LogP contribution in [0.25, 0.3) is 0 Å². The van der Waals surface area contributed by atoms with Gasteiger partial charge >= 0.3 is 0 Å². The molecule has 0 heterocycles. The van der Waals surface area contributed by atoms with Gasteiger partial charge in [0.1, 0.15) is 5.75 Å². The van der Waals surface area contributed by atoms with E-state index in [1.165, 1.54) is 0 Å². The molecule has 0 bridgehead atoms. The molecule has 0 saturated heterocycles. The molecule has 22 heavy (non-hydrogen) atoms. The minimum absolute atomic E-state index is 0.00770. The van der Waals surface area contributed by atoms with E-state index in [0.29, 0.717) is 11.4 Å². The van der Waals surface area contributed by atoms with Crippen molar-refractivity contribution in [3.8, 4) is 5.75 Å². The van der Waals surface area contributed by atoms with E-state index >= 15 is 0 Å². The molecule has 0 saturated carbocycles. The maximum atomic E-state index is 12.0. The molecule has 1 aromatic rings. The Hall–Kier alpha value is -2.08. The number of likely N-dealkylation sites (N-methyl/N-ethyl adjacent to an activating group) is 2. The summed E-state index contributed by atoms with van der Waals surface area (Å²) < 4.78 is 5.11. The van der Waals surface area contributed by atoms with Crippen LogP contribution in [-0.2, 0) is 9.59 Å². The molecule has 6 heteroatoms. The number of anilines is 1. The van der Waals surface area contributed by atoms with Crippen molar-refractivity contribution >= 4 is 17.5 Å². The van der Waals surface area contributed by atoms with Crippen molar-refractivity contribution in [2.24, 2.45) is 0 Å². The van der Waals surface area contributed by atoms with Crippen LogP contribution in [0.3, 0.4) is 0 Å². The first-order valence-corrected chi connectivity index (χ1v) is 7.21. The number of ether oxygens (including phenoxy) is 1. The Balaban J connectivity index is 2.48. The number of hydrogen-bond acceptors (Lipinski definition) is 4. The van der Waals surface area contributed by atoms with Crippen molar-refractivity contribution in [3.63, 3.8) is 0 Å². The minimum Gasteiger partial charge on any atom is -0.497 e. The van der Waals surface area contributed by atoms with Crippen LogP contribution < -0.4 is 10.1 Å². The van der Waals surface area contributed by atoms with Crippen LogP contribution in [0, 0.1) is 0 Å². The number of hydrogen-bond donors (Lipinski definition) is 1. The maximum Gasteiger partial charge on any atom is 0.238 e. The molecule has 0 atom stereocenters. The van der Waals surface area contributed by atoms with Gasteiger partial charge in [0.15, 0.2) is 0 Å². The van der Waals surface area contributed by atoms with Crippen molar-refractivity contribution in [2.75, 3.05) is 39.6 Å². The van der Waals surface area contributed by atoms with Gasteiger partial charge in [-0.05, 0) is 33.0 Å². The van der Waals surface area contributed by atoms with Gasteiger partial charge in [-0.15, -0.1) is 0 Å². The summed E-state index contributed by atoms with van der Waals surface area (Å²) in [5, 5.41) is 2.79. The molecular formula is C16H25N3O3. The Morgan fingerprint density at radius 2 is 1.91 bits per heavy atom. The largest absolute Gasteiger partial charge is 0.497 e. The number of methoxy groups -OCH3 is 1. The number of carbonyl (C=O) groups is 2. The van der Waals surface area contributed by atoms with Gasteiger partial charge in [0.25, 0.3) is 0 Å². The first-order valence-electron chi connectivity index (χ1n) is 7.21. The fraction of sp³-hybridized carbons (Fsp3) is 0.500. The summed E-state index contributed by atoms with van der Waals surface area (Å²) in [5.41, 5.74) is 0.670. The van der Waals surface area contributed by atoms with E-state index in [0.717, 1.165) is 0 Å². The minimum atomic E-state index is -0.171. The number of amides is 2. The van der Waals surface area contributed by atoms with Crippen LogP contribution in [0.4, 0.5) is 5.69 Å². The molecule has 0 fully saturated rings. The normalized spacial score (nSPS) is 10.7. The second-order valence-electron chi connectivity index (χ2n) is 5.55. The van der Waals surface area contributed by atoms with Crippen LogP contribution in [-0.4, -0.2) is 62.0 Å². The molecule has 0 aliphatic carbocycles. The van der Waals surface area contributed by atoms with Crippen molar-refractivity contribution in [3.05, 3.63) is 24.3 Å². The lowest BCUT2D eigenvalue weighted by Crippen LogP contribution is -2.42. The molecule has 2 amide bonds. The summed E-state index contributed by atoms with van der Waals surface area (Å²) in [6, 6.07) is 7.29. The average Bonchev–Trinajstić information content (AvgIpc) is 2.45. The molecule has 0 aromatic heterocycles. The lowest BCUT2D eigenvalue weighted by atomic mass is 10.3. The highest BCUT2D eigenvalue weighted by atomic mass is 16.5. The van der Waals surface area contributed by atoms with E-state index in [-0.39, 0.29) is 30.9 Å². The highest BCUT2D eigenvalue weighted by Crippen LogP contribution is 2.16. The number of rotatable bonds is 7. The highest BCUT2D eigenvalue weighted by molar-refractivity contribution is 5.92. The summed E-state index contributed by atoms with van der Waals surface area (Å²) >= 11 is 0. The van der Waals surface area contributed by atoms with Crippen LogP contribution in [0.2, 0.25) is 0 Å². The van der Waals surface area contributed by atoms with Crippen LogP contribution in [0.15, 0.2) is 24.3 Å². The highest BCUT2D eigenvalue weighted by Gasteiger charge is 2.16. The zero-order valence-electron chi connectivity index (χ0n) is 13.9. The van der Waals surface area contributed by atoms with E-state index in [1.54, 1.807) is 49.2 Å². The summed E-state index contributed by atoms with van der Waals surface area (Å²) in [6.07, 6.45) is 0. The second kappa shape index (κ2) is 8.38. The third-order valence-electron chi connectivity index (χ3n) is 3.34. The van der Waals surface area contributed by atoms with Crippen LogP contribution >= 0.6 is 0 Å². The van der Waals surface area contributed by atoms with Crippen LogP contribution in [0.1, 0.15) is 13.8 Å². The molecule has 1 rings (SSSR count). The molecule has 0 radical (unpaired) electrons. The molecule has 0 unspecified atom stereocenters. The third kappa shape index (κ3) is 5.73. The average molecular weight is 307 g/mol. The van der Waals surface area contributed by atoms with Gasteiger partial charge in [-0.3, -0.25) is 14.5 Å². The Labute approximate surface area is 132 Å². The molecule has 6 nitrogen and oxygen atoms in total. The SMILES string of the molecule is COc1cccc(NC(=O)CN(C)CC(=O)N(C)C(C)C)c1. The summed E-state index contributed by atoms with van der Waals surface area (Å²) in [7, 11) is 5.08. The monoisotopic (exact) mass is 307 g/mol. The Kier molecular flexibility index (Phi) is 6.85. The number of nitrogens with one attached hydrogen (secondary N) is 1. The molecule has 0 spiro atoms. The summed E-state index contributed by atoms with van der Waals surface area (Å²) in [4.78, 5) is 27.3. The van der Waals surface area contributed by atoms with Gasteiger partial charge < -0.3 is 15.0 Å². The van der Waals surface area contributed by atoms with Gasteiger partial charge in [0.05, 0.1) is 20.2 Å². The molecule has 0 aliphatic heterocycles. The predicted octanol–water partition coefficient (Wildman–Crippen LogP) is 1.43. The van der Waals surface area contributed by atoms with Gasteiger partial charge in [0, 0.05) is 24.8 Å². The molecular weight excluding hydrogens is 282 g/mol. The first kappa shape index (κ1) is 18.0. The Morgan fingerprint density at radius 3 is 2.50 bits per heavy atom. The van der Waals surface area contributed by atoms with E-state index in [1.807, 2.05) is 19.9 Å². The third-order valence-corrected chi connectivity index (χ3v) is 3.34. The quantitative estimate of drug-likeness (QED) is 0.828. The molecule has 1 N–H and O–H groups in total. The Bertz CT molecular complexity index is 517. The zero-order valence-corrected chi connectivity index (χ0v) is 13.9. The summed E-state index contributed by atoms with van der Waals surface area (Å²) in [6.45, 7) is 4.26. The van der Waals surface area contributed by atoms with Crippen molar-refractivity contribution in [1.29, 1.82) is 0 Å². The lowest BCUT2D eigenvalue weighted by Gasteiger charge is -2.24. The first-order chi connectivity index (χ1) is 10.3. The molecule has 1 aromatic carbocycles. The molecule has 0 aliphatic rings. The second-order valence-corrected chi connectivity index (χ2v) is 5.55. The topological polar surface area (TPSA) is 61.9 Å². The fourth-order valence-electron chi connectivity index (χ4n) is 1.83. The summed E-state index contributed by atoms with van der Waals surface area (Å²) in [5.74, 6) is 0.502. The van der Waals surface area contributed by atoms with E-state index in [2.05, 4.69) is 5.32 Å². The number of nitrogens with zero attached hydrogens (tertiary/aromatic N) is 2. The van der Waals surface area contributed by atoms with Gasteiger partial charge in [0.2, 0.25) is 11.8 Å². The van der Waals surface area contributed by atoms with Crippen molar-refractivity contribution in [2.45, 2.75) is 19.9 Å². The van der Waals surface area contributed by atoms with E-state index in [4.69, 9.17) is 4.74 Å². The van der Waals surface area contributed by atoms with E-state index < -0.39 is 0 Å². The van der Waals surface area contributed by atoms with Gasteiger partial charge in [-0.1, -0.05) is 6.07 Å². The van der Waals surface area contributed by atoms with Gasteiger partial charge in [-0.2, -0.15) is 0 Å². The van der Waals surface area contributed by atoms with Gasteiger partial charge in [-0.25, -0.2) is 0 Å². The van der Waals surface area contributed by atoms with Crippen molar-refractivity contribution < 1.29 is 14.3 Å².